The van der Waals surface area contributed by atoms with E-state index in [1.54, 1.807) is 0 Å². The highest BCUT2D eigenvalue weighted by Gasteiger charge is 2.19. The minimum Gasteiger partial charge on any atom is -0.340 e. The number of nitrogens with zero attached hydrogens (tertiary/aromatic N) is 2. The van der Waals surface area contributed by atoms with Crippen LogP contribution in [0.15, 0.2) is 22.4 Å². The fourth-order valence-electron chi connectivity index (χ4n) is 3.79. The van der Waals surface area contributed by atoms with Crippen molar-refractivity contribution >= 4 is 22.8 Å². The van der Waals surface area contributed by atoms with Crippen LogP contribution in [0.2, 0.25) is 0 Å². The molecule has 0 amide bonds. The number of rotatable bonds is 9. The minimum atomic E-state index is 0.168. The molecule has 4 nitrogen and oxygen atoms in total. The molecule has 1 unspecified atom stereocenters. The zero-order valence-corrected chi connectivity index (χ0v) is 19.3. The van der Waals surface area contributed by atoms with Crippen LogP contribution in [-0.2, 0) is 6.42 Å². The first-order valence-electron chi connectivity index (χ1n) is 10.2. The molecular weight excluding hydrogens is 344 g/mol. The molecule has 0 aliphatic carbocycles. The molecule has 4 heteroatoms. The quantitative estimate of drug-likeness (QED) is 0.467. The van der Waals surface area contributed by atoms with Gasteiger partial charge in [-0.05, 0) is 83.6 Å². The summed E-state index contributed by atoms with van der Waals surface area (Å²) in [5.74, 6) is 0.669. The largest absolute Gasteiger partial charge is 0.340 e. The Balaban J connectivity index is 3.52. The van der Waals surface area contributed by atoms with Crippen LogP contribution in [-0.4, -0.2) is 23.2 Å². The second kappa shape index (κ2) is 10.4. The Morgan fingerprint density at radius 2 is 1.64 bits per heavy atom. The van der Waals surface area contributed by atoms with Gasteiger partial charge in [0, 0.05) is 34.8 Å². The third kappa shape index (κ3) is 5.88. The molecule has 2 N–H and O–H groups in total. The average molecular weight is 383 g/mol. The normalized spacial score (nSPS) is 12.5. The molecule has 28 heavy (non-hydrogen) atoms. The van der Waals surface area contributed by atoms with Gasteiger partial charge >= 0.3 is 0 Å². The summed E-state index contributed by atoms with van der Waals surface area (Å²) in [5, 5.41) is 11.2. The average Bonchev–Trinajstić information content (AvgIpc) is 2.58. The molecule has 0 aromatic heterocycles. The third-order valence-corrected chi connectivity index (χ3v) is 5.17. The highest BCUT2D eigenvalue weighted by atomic mass is 15.0. The van der Waals surface area contributed by atoms with Gasteiger partial charge in [-0.25, -0.2) is 4.99 Å². The summed E-state index contributed by atoms with van der Waals surface area (Å²) in [6.07, 6.45) is 2.59. The fourth-order valence-corrected chi connectivity index (χ4v) is 3.79. The van der Waals surface area contributed by atoms with Crippen molar-refractivity contribution < 1.29 is 0 Å². The van der Waals surface area contributed by atoms with Crippen molar-refractivity contribution in [3.63, 3.8) is 0 Å². The van der Waals surface area contributed by atoms with Crippen molar-refractivity contribution in [1.29, 1.82) is 5.41 Å². The Bertz CT molecular complexity index is 809. The van der Waals surface area contributed by atoms with Gasteiger partial charge in [-0.3, -0.25) is 4.99 Å². The highest BCUT2D eigenvalue weighted by Crippen LogP contribution is 2.33. The zero-order chi connectivity index (χ0) is 21.6. The van der Waals surface area contributed by atoms with Crippen molar-refractivity contribution in [3.8, 4) is 0 Å². The lowest BCUT2D eigenvalue weighted by Crippen LogP contribution is -2.15. The first-order valence-corrected chi connectivity index (χ1v) is 10.2. The number of benzene rings is 1. The lowest BCUT2D eigenvalue weighted by molar-refractivity contribution is 0.675. The summed E-state index contributed by atoms with van der Waals surface area (Å²) in [7, 11) is 0. The molecule has 0 aliphatic heterocycles. The van der Waals surface area contributed by atoms with Gasteiger partial charge in [0.2, 0.25) is 0 Å². The van der Waals surface area contributed by atoms with Gasteiger partial charge in [0.25, 0.3) is 0 Å². The van der Waals surface area contributed by atoms with Gasteiger partial charge in [0.05, 0.1) is 6.04 Å². The van der Waals surface area contributed by atoms with Gasteiger partial charge in [-0.2, -0.15) is 0 Å². The van der Waals surface area contributed by atoms with Gasteiger partial charge in [0.1, 0.15) is 5.82 Å². The van der Waals surface area contributed by atoms with Crippen LogP contribution in [0.25, 0.3) is 0 Å². The molecule has 1 aromatic carbocycles. The molecule has 0 spiro atoms. The van der Waals surface area contributed by atoms with Gasteiger partial charge in [0.15, 0.2) is 0 Å². The number of anilines is 1. The van der Waals surface area contributed by atoms with Crippen molar-refractivity contribution in [2.75, 3.05) is 5.32 Å². The van der Waals surface area contributed by atoms with E-state index >= 15 is 0 Å². The van der Waals surface area contributed by atoms with E-state index in [-0.39, 0.29) is 6.04 Å². The molecule has 1 rings (SSSR count). The first-order chi connectivity index (χ1) is 13.0. The van der Waals surface area contributed by atoms with Crippen LogP contribution in [0.5, 0.6) is 0 Å². The third-order valence-electron chi connectivity index (χ3n) is 5.17. The predicted molar refractivity (Wildman–Crippen MR) is 126 cm³/mol. The van der Waals surface area contributed by atoms with Crippen molar-refractivity contribution in [1.82, 2.24) is 0 Å². The Labute approximate surface area is 171 Å². The van der Waals surface area contributed by atoms with E-state index in [2.05, 4.69) is 58.4 Å². The maximum atomic E-state index is 7.80. The molecule has 0 bridgehead atoms. The Morgan fingerprint density at radius 3 is 2.11 bits per heavy atom. The fraction of sp³-hybridized carbons (Fsp3) is 0.542. The molecule has 1 aromatic rings. The predicted octanol–water partition coefficient (Wildman–Crippen LogP) is 6.56. The van der Waals surface area contributed by atoms with Crippen LogP contribution in [0.4, 0.5) is 5.69 Å². The second-order valence-electron chi connectivity index (χ2n) is 7.85. The maximum absolute atomic E-state index is 7.80. The van der Waals surface area contributed by atoms with Crippen molar-refractivity contribution in [3.05, 3.63) is 40.2 Å². The smallest absolute Gasteiger partial charge is 0.122 e. The molecular formula is C24H38N4. The summed E-state index contributed by atoms with van der Waals surface area (Å²) in [6.45, 7) is 22.8. The SMILES string of the molecule is C=C(N=C(C)C)Nc1c(C)c(C)c(/C(C)=N/C(CC)CC(C)=N)c(C)c1CC. The number of nitrogens with one attached hydrogen (secondary N) is 2. The van der Waals surface area contributed by atoms with Crippen LogP contribution in [0.3, 0.4) is 0 Å². The Kier molecular flexibility index (Phi) is 8.80. The summed E-state index contributed by atoms with van der Waals surface area (Å²) in [6, 6.07) is 0.168. The van der Waals surface area contributed by atoms with Gasteiger partial charge in [-0.1, -0.05) is 20.4 Å². The van der Waals surface area contributed by atoms with Gasteiger partial charge in [-0.15, -0.1) is 0 Å². The van der Waals surface area contributed by atoms with Crippen LogP contribution < -0.4 is 5.32 Å². The lowest BCUT2D eigenvalue weighted by atomic mass is 9.88. The second-order valence-corrected chi connectivity index (χ2v) is 7.85. The molecule has 0 saturated heterocycles. The van der Waals surface area contributed by atoms with E-state index < -0.39 is 0 Å². The standard InChI is InChI=1S/C24H38N4/c1-11-21(13-15(5)25)27-19(9)23-16(6)17(7)24(22(12-2)18(23)8)28-20(10)26-14(3)4/h21,25,28H,10-13H2,1-9H3/b25-15?,27-19+. The van der Waals surface area contributed by atoms with Crippen molar-refractivity contribution in [2.45, 2.75) is 87.6 Å². The first kappa shape index (κ1) is 23.8. The zero-order valence-electron chi connectivity index (χ0n) is 19.3. The minimum absolute atomic E-state index is 0.168. The van der Waals surface area contributed by atoms with Crippen molar-refractivity contribution in [2.24, 2.45) is 9.98 Å². The molecule has 154 valence electrons. The topological polar surface area (TPSA) is 60.6 Å². The summed E-state index contributed by atoms with van der Waals surface area (Å²) >= 11 is 0. The molecule has 0 saturated carbocycles. The molecule has 0 radical (unpaired) electrons. The monoisotopic (exact) mass is 382 g/mol. The van der Waals surface area contributed by atoms with Crippen LogP contribution in [0, 0.1) is 26.2 Å². The lowest BCUT2D eigenvalue weighted by Gasteiger charge is -2.23. The Morgan fingerprint density at radius 1 is 1.04 bits per heavy atom. The van der Waals surface area contributed by atoms with E-state index in [1.807, 2.05) is 20.8 Å². The summed E-state index contributed by atoms with van der Waals surface area (Å²) < 4.78 is 0. The van der Waals surface area contributed by atoms with E-state index in [4.69, 9.17) is 10.4 Å². The summed E-state index contributed by atoms with van der Waals surface area (Å²) in [4.78, 5) is 9.44. The van der Waals surface area contributed by atoms with E-state index in [0.717, 1.165) is 36.4 Å². The summed E-state index contributed by atoms with van der Waals surface area (Å²) in [5.41, 5.74) is 10.1. The van der Waals surface area contributed by atoms with E-state index in [1.165, 1.54) is 27.8 Å². The molecule has 0 heterocycles. The number of hydrogen-bond acceptors (Lipinski definition) is 4. The van der Waals surface area contributed by atoms with E-state index in [0.29, 0.717) is 11.5 Å². The van der Waals surface area contributed by atoms with Gasteiger partial charge < -0.3 is 10.7 Å². The Hall–Kier alpha value is -2.23. The molecule has 0 fully saturated rings. The number of aliphatic imine (C=N–C) groups is 2. The van der Waals surface area contributed by atoms with Crippen LogP contribution in [0.1, 0.15) is 82.2 Å². The molecule has 0 aliphatic rings. The van der Waals surface area contributed by atoms with Crippen LogP contribution >= 0.6 is 0 Å². The highest BCUT2D eigenvalue weighted by molar-refractivity contribution is 6.03. The van der Waals surface area contributed by atoms with E-state index in [9.17, 15) is 0 Å². The molecule has 1 atom stereocenters. The maximum Gasteiger partial charge on any atom is 0.122 e. The number of hydrogen-bond donors (Lipinski definition) is 2.